The first kappa shape index (κ1) is 31.1. The number of hydrogen-bond acceptors (Lipinski definition) is 6. The topological polar surface area (TPSA) is 144 Å². The molecule has 3 N–H and O–H groups in total. The van der Waals surface area contributed by atoms with E-state index in [9.17, 15) is 34.2 Å². The number of aromatic hydroxyl groups is 1. The van der Waals surface area contributed by atoms with E-state index in [1.807, 2.05) is 0 Å². The van der Waals surface area contributed by atoms with Crippen LogP contribution in [0.1, 0.15) is 89.5 Å². The van der Waals surface area contributed by atoms with Crippen LogP contribution in [0, 0.1) is 0 Å². The molecule has 220 valence electrons. The second-order valence-corrected chi connectivity index (χ2v) is 10.9. The van der Waals surface area contributed by atoms with Crippen molar-refractivity contribution < 1.29 is 34.2 Å². The Morgan fingerprint density at radius 2 is 1.52 bits per heavy atom. The lowest BCUT2D eigenvalue weighted by Crippen LogP contribution is -2.51. The highest BCUT2D eigenvalue weighted by Gasteiger charge is 2.41. The third-order valence-corrected chi connectivity index (χ3v) is 7.87. The first-order chi connectivity index (χ1) is 19.2. The smallest absolute Gasteiger partial charge is 0.326 e. The number of benzene rings is 1. The van der Waals surface area contributed by atoms with Crippen molar-refractivity contribution in [2.75, 3.05) is 13.1 Å². The van der Waals surface area contributed by atoms with E-state index < -0.39 is 30.0 Å². The Bertz CT molecular complexity index is 1040. The van der Waals surface area contributed by atoms with Gasteiger partial charge in [0.1, 0.15) is 17.8 Å². The molecular formula is C30H43N3O7. The fourth-order valence-electron chi connectivity index (χ4n) is 5.64. The summed E-state index contributed by atoms with van der Waals surface area (Å²) in [6, 6.07) is 3.72. The fourth-order valence-corrected chi connectivity index (χ4v) is 5.64. The molecule has 1 aromatic rings. The van der Waals surface area contributed by atoms with E-state index >= 15 is 0 Å². The highest BCUT2D eigenvalue weighted by Crippen LogP contribution is 2.27. The third-order valence-electron chi connectivity index (χ3n) is 7.87. The Hall–Kier alpha value is -3.43. The normalized spacial score (nSPS) is 19.4. The van der Waals surface area contributed by atoms with E-state index in [2.05, 4.69) is 12.2 Å². The molecule has 10 nitrogen and oxygen atoms in total. The Balaban J connectivity index is 1.50. The zero-order valence-electron chi connectivity index (χ0n) is 23.5. The van der Waals surface area contributed by atoms with Crippen molar-refractivity contribution in [3.8, 4) is 5.75 Å². The Labute approximate surface area is 236 Å². The number of amides is 3. The van der Waals surface area contributed by atoms with E-state index in [1.165, 1.54) is 12.1 Å². The molecule has 0 radical (unpaired) electrons. The van der Waals surface area contributed by atoms with Crippen molar-refractivity contribution in [1.29, 1.82) is 0 Å². The number of phenols is 1. The lowest BCUT2D eigenvalue weighted by molar-refractivity contribution is -0.146. The van der Waals surface area contributed by atoms with Gasteiger partial charge < -0.3 is 25.3 Å². The maximum absolute atomic E-state index is 13.5. The number of hydrogen-bond donors (Lipinski definition) is 3. The second kappa shape index (κ2) is 15.4. The van der Waals surface area contributed by atoms with E-state index in [-0.39, 0.29) is 42.6 Å². The van der Waals surface area contributed by atoms with Gasteiger partial charge in [-0.25, -0.2) is 4.79 Å². The van der Waals surface area contributed by atoms with E-state index in [1.54, 1.807) is 21.9 Å². The summed E-state index contributed by atoms with van der Waals surface area (Å²) < 4.78 is 0. The van der Waals surface area contributed by atoms with Crippen LogP contribution in [0.3, 0.4) is 0 Å². The molecule has 0 bridgehead atoms. The van der Waals surface area contributed by atoms with Crippen LogP contribution < -0.4 is 5.32 Å². The van der Waals surface area contributed by atoms with Crippen molar-refractivity contribution in [3.05, 3.63) is 29.8 Å². The van der Waals surface area contributed by atoms with Gasteiger partial charge in [0.2, 0.25) is 17.7 Å². The van der Waals surface area contributed by atoms with Crippen LogP contribution in [-0.2, 0) is 30.4 Å². The second-order valence-electron chi connectivity index (χ2n) is 10.9. The lowest BCUT2D eigenvalue weighted by Gasteiger charge is -2.31. The van der Waals surface area contributed by atoms with Crippen molar-refractivity contribution in [2.24, 2.45) is 0 Å². The maximum Gasteiger partial charge on any atom is 0.326 e. The van der Waals surface area contributed by atoms with Gasteiger partial charge in [0.05, 0.1) is 6.04 Å². The average Bonchev–Trinajstić information content (AvgIpc) is 3.62. The van der Waals surface area contributed by atoms with Crippen molar-refractivity contribution in [2.45, 2.75) is 109 Å². The number of carbonyl (C=O) groups is 5. The third kappa shape index (κ3) is 8.79. The van der Waals surface area contributed by atoms with Crippen LogP contribution in [0.5, 0.6) is 5.75 Å². The number of unbranched alkanes of at least 4 members (excludes halogenated alkanes) is 4. The number of nitrogens with one attached hydrogen (secondary N) is 1. The largest absolute Gasteiger partial charge is 0.508 e. The van der Waals surface area contributed by atoms with Gasteiger partial charge in [0, 0.05) is 38.8 Å². The molecule has 3 rings (SSSR count). The fraction of sp³-hybridized carbons (Fsp3) is 0.633. The minimum absolute atomic E-state index is 0.00591. The van der Waals surface area contributed by atoms with Gasteiger partial charge in [-0.1, -0.05) is 44.7 Å². The molecule has 40 heavy (non-hydrogen) atoms. The van der Waals surface area contributed by atoms with Crippen LogP contribution >= 0.6 is 0 Å². The van der Waals surface area contributed by atoms with Crippen LogP contribution in [0.4, 0.5) is 0 Å². The molecule has 0 saturated carbocycles. The molecule has 0 unspecified atom stereocenters. The van der Waals surface area contributed by atoms with Gasteiger partial charge in [-0.05, 0) is 49.8 Å². The van der Waals surface area contributed by atoms with Gasteiger partial charge in [0.25, 0.3) is 0 Å². The molecule has 0 spiro atoms. The van der Waals surface area contributed by atoms with Gasteiger partial charge in [-0.15, -0.1) is 0 Å². The zero-order valence-corrected chi connectivity index (χ0v) is 23.5. The highest BCUT2D eigenvalue weighted by atomic mass is 16.4. The number of rotatable bonds is 15. The van der Waals surface area contributed by atoms with Crippen molar-refractivity contribution in [1.82, 2.24) is 15.1 Å². The quantitative estimate of drug-likeness (QED) is 0.281. The molecule has 2 saturated heterocycles. The van der Waals surface area contributed by atoms with Crippen LogP contribution in [0.2, 0.25) is 0 Å². The van der Waals surface area contributed by atoms with Crippen LogP contribution in [0.15, 0.2) is 24.3 Å². The number of likely N-dealkylation sites (tertiary alicyclic amines) is 2. The summed E-state index contributed by atoms with van der Waals surface area (Å²) in [6.45, 7) is 3.16. The Morgan fingerprint density at radius 1 is 0.875 bits per heavy atom. The average molecular weight is 558 g/mol. The van der Waals surface area contributed by atoms with E-state index in [0.29, 0.717) is 44.3 Å². The summed E-state index contributed by atoms with van der Waals surface area (Å²) in [4.78, 5) is 66.9. The number of carboxylic acids is 1. The minimum atomic E-state index is -1.20. The maximum atomic E-state index is 13.5. The van der Waals surface area contributed by atoms with Gasteiger partial charge in [-0.3, -0.25) is 19.2 Å². The molecule has 2 fully saturated rings. The number of ketones is 1. The van der Waals surface area contributed by atoms with E-state index in [0.717, 1.165) is 38.5 Å². The van der Waals surface area contributed by atoms with Gasteiger partial charge in [-0.2, -0.15) is 0 Å². The highest BCUT2D eigenvalue weighted by molar-refractivity contribution is 5.95. The number of phenolic OH excluding ortho intramolecular Hbond substituents is 1. The van der Waals surface area contributed by atoms with E-state index in [4.69, 9.17) is 0 Å². The van der Waals surface area contributed by atoms with Gasteiger partial charge in [0.15, 0.2) is 5.78 Å². The summed E-state index contributed by atoms with van der Waals surface area (Å²) in [5.74, 6) is -2.09. The van der Waals surface area contributed by atoms with Crippen molar-refractivity contribution in [3.63, 3.8) is 0 Å². The van der Waals surface area contributed by atoms with Crippen LogP contribution in [-0.4, -0.2) is 80.7 Å². The minimum Gasteiger partial charge on any atom is -0.508 e. The summed E-state index contributed by atoms with van der Waals surface area (Å²) in [5, 5.41) is 21.4. The molecule has 3 atom stereocenters. The standard InChI is InChI=1S/C30H43N3O7/c1-2-3-4-5-6-11-28(37)32-18-8-10-25(32)29(38)33-19-7-9-24(33)26(35)16-17-27(36)31-23(30(39)40)20-21-12-14-22(34)15-13-21/h12-15,23-25,34H,2-11,16-20H2,1H3,(H,31,36)(H,39,40)/t23-,24-,25-/m0/s1. The Morgan fingerprint density at radius 3 is 2.20 bits per heavy atom. The molecule has 1 aromatic carbocycles. The molecule has 0 aliphatic carbocycles. The van der Waals surface area contributed by atoms with Crippen molar-refractivity contribution >= 4 is 29.5 Å². The molecule has 10 heteroatoms. The predicted molar refractivity (Wildman–Crippen MR) is 148 cm³/mol. The number of aliphatic carboxylic acids is 1. The number of carboxylic acid groups (broad SMARTS) is 1. The first-order valence-corrected chi connectivity index (χ1v) is 14.6. The molecule has 2 aliphatic heterocycles. The molecule has 2 heterocycles. The monoisotopic (exact) mass is 557 g/mol. The number of carbonyl (C=O) groups excluding carboxylic acids is 4. The summed E-state index contributed by atoms with van der Waals surface area (Å²) in [7, 11) is 0. The SMILES string of the molecule is CCCCCCCC(=O)N1CCC[C@H]1C(=O)N1CCC[C@H]1C(=O)CCC(=O)N[C@@H](Cc1ccc(O)cc1)C(=O)O. The molecule has 0 aromatic heterocycles. The molecular weight excluding hydrogens is 514 g/mol. The van der Waals surface area contributed by atoms with Crippen LogP contribution in [0.25, 0.3) is 0 Å². The summed E-state index contributed by atoms with van der Waals surface area (Å²) >= 11 is 0. The summed E-state index contributed by atoms with van der Waals surface area (Å²) in [6.07, 6.45) is 7.99. The lowest BCUT2D eigenvalue weighted by atomic mass is 10.0. The van der Waals surface area contributed by atoms with Gasteiger partial charge >= 0.3 is 5.97 Å². The predicted octanol–water partition coefficient (Wildman–Crippen LogP) is 3.20. The molecule has 2 aliphatic rings. The Kier molecular flexibility index (Phi) is 12.0. The molecule has 3 amide bonds. The number of nitrogens with zero attached hydrogens (tertiary/aromatic N) is 2. The summed E-state index contributed by atoms with van der Waals surface area (Å²) in [5.41, 5.74) is 0.637. The first-order valence-electron chi connectivity index (χ1n) is 14.6. The number of Topliss-reactive ketones (excluding diaryl/α,β-unsaturated/α-hetero) is 1. The zero-order chi connectivity index (χ0) is 29.1.